The van der Waals surface area contributed by atoms with Crippen LogP contribution in [0.2, 0.25) is 0 Å². The van der Waals surface area contributed by atoms with Gasteiger partial charge in [0.2, 0.25) is 18.2 Å². The van der Waals surface area contributed by atoms with E-state index in [9.17, 15) is 18.8 Å². The zero-order chi connectivity index (χ0) is 16.8. The van der Waals surface area contributed by atoms with Gasteiger partial charge in [-0.15, -0.1) is 0 Å². The molecular formula is C16H20FN3O3. The lowest BCUT2D eigenvalue weighted by Crippen LogP contribution is -2.48. The smallest absolute Gasteiger partial charge is 0.224 e. The first-order valence-electron chi connectivity index (χ1n) is 7.52. The average Bonchev–Trinajstić information content (AvgIpc) is 2.56. The molecule has 124 valence electrons. The Balaban J connectivity index is 1.94. The summed E-state index contributed by atoms with van der Waals surface area (Å²) < 4.78 is 13.8. The topological polar surface area (TPSA) is 60.9 Å². The molecule has 1 heterocycles. The van der Waals surface area contributed by atoms with Gasteiger partial charge in [-0.05, 0) is 12.1 Å². The highest BCUT2D eigenvalue weighted by atomic mass is 19.1. The predicted octanol–water partition coefficient (Wildman–Crippen LogP) is 0.869. The lowest BCUT2D eigenvalue weighted by molar-refractivity contribution is -0.135. The van der Waals surface area contributed by atoms with Crippen molar-refractivity contribution in [1.82, 2.24) is 9.80 Å². The molecule has 0 unspecified atom stereocenters. The lowest BCUT2D eigenvalue weighted by Gasteiger charge is -2.33. The van der Waals surface area contributed by atoms with Crippen LogP contribution in [0.1, 0.15) is 13.3 Å². The van der Waals surface area contributed by atoms with Crippen molar-refractivity contribution in [1.29, 1.82) is 0 Å². The molecule has 0 bridgehead atoms. The van der Waals surface area contributed by atoms with Gasteiger partial charge < -0.3 is 14.7 Å². The number of carbonyl (C=O) groups excluding carboxylic acids is 3. The van der Waals surface area contributed by atoms with E-state index in [0.29, 0.717) is 26.2 Å². The van der Waals surface area contributed by atoms with Crippen LogP contribution in [0.25, 0.3) is 0 Å². The minimum atomic E-state index is -0.491. The van der Waals surface area contributed by atoms with Crippen molar-refractivity contribution in [3.05, 3.63) is 30.1 Å². The normalized spacial score (nSPS) is 14.5. The van der Waals surface area contributed by atoms with E-state index in [-0.39, 0.29) is 30.5 Å². The first kappa shape index (κ1) is 16.9. The molecule has 1 fully saturated rings. The molecule has 0 saturated carbocycles. The van der Waals surface area contributed by atoms with E-state index in [0.717, 1.165) is 6.41 Å². The maximum absolute atomic E-state index is 13.8. The Bertz CT molecular complexity index is 586. The van der Waals surface area contributed by atoms with Gasteiger partial charge in [0.15, 0.2) is 0 Å². The highest BCUT2D eigenvalue weighted by Crippen LogP contribution is 2.19. The highest BCUT2D eigenvalue weighted by molar-refractivity contribution is 5.92. The maximum atomic E-state index is 13.8. The Labute approximate surface area is 134 Å². The zero-order valence-electron chi connectivity index (χ0n) is 13.1. The fourth-order valence-electron chi connectivity index (χ4n) is 2.56. The van der Waals surface area contributed by atoms with Crippen molar-refractivity contribution in [2.24, 2.45) is 0 Å². The number of rotatable bonds is 5. The molecule has 2 rings (SSSR count). The standard InChI is InChI=1S/C16H20FN3O3/c1-13(22)20(15-5-3-2-4-14(15)17)7-6-16(23)19-10-8-18(12-21)9-11-19/h2-5,12H,6-11H2,1H3. The first-order chi connectivity index (χ1) is 11.0. The second-order valence-electron chi connectivity index (χ2n) is 5.39. The number of piperazine rings is 1. The monoisotopic (exact) mass is 321 g/mol. The number of hydrogen-bond donors (Lipinski definition) is 0. The van der Waals surface area contributed by atoms with Gasteiger partial charge >= 0.3 is 0 Å². The van der Waals surface area contributed by atoms with Gasteiger partial charge in [-0.2, -0.15) is 0 Å². The van der Waals surface area contributed by atoms with Gasteiger partial charge in [0.05, 0.1) is 5.69 Å². The van der Waals surface area contributed by atoms with E-state index in [1.807, 2.05) is 0 Å². The van der Waals surface area contributed by atoms with Crippen LogP contribution < -0.4 is 4.90 Å². The summed E-state index contributed by atoms with van der Waals surface area (Å²) in [5.41, 5.74) is 0.179. The summed E-state index contributed by atoms with van der Waals surface area (Å²) in [6.45, 7) is 3.47. The van der Waals surface area contributed by atoms with Crippen molar-refractivity contribution in [2.75, 3.05) is 37.6 Å². The van der Waals surface area contributed by atoms with E-state index in [4.69, 9.17) is 0 Å². The molecule has 0 radical (unpaired) electrons. The van der Waals surface area contributed by atoms with Crippen molar-refractivity contribution in [3.63, 3.8) is 0 Å². The quantitative estimate of drug-likeness (QED) is 0.756. The third kappa shape index (κ3) is 4.28. The van der Waals surface area contributed by atoms with Crippen LogP contribution in [-0.2, 0) is 14.4 Å². The number of carbonyl (C=O) groups is 3. The molecule has 0 aliphatic carbocycles. The van der Waals surface area contributed by atoms with Crippen LogP contribution in [0, 0.1) is 5.82 Å². The predicted molar refractivity (Wildman–Crippen MR) is 83.3 cm³/mol. The van der Waals surface area contributed by atoms with Crippen LogP contribution in [0.5, 0.6) is 0 Å². The third-order valence-electron chi connectivity index (χ3n) is 3.89. The van der Waals surface area contributed by atoms with Crippen LogP contribution in [-0.4, -0.2) is 60.7 Å². The Kier molecular flexibility index (Phi) is 5.67. The van der Waals surface area contributed by atoms with Crippen molar-refractivity contribution >= 4 is 23.9 Å². The summed E-state index contributed by atoms with van der Waals surface area (Å²) in [5.74, 6) is -0.901. The molecule has 1 aromatic carbocycles. The second kappa shape index (κ2) is 7.71. The Hall–Kier alpha value is -2.44. The van der Waals surface area contributed by atoms with Crippen LogP contribution in [0.4, 0.5) is 10.1 Å². The number of para-hydroxylation sites is 1. The number of anilines is 1. The molecule has 1 aliphatic rings. The Morgan fingerprint density at radius 3 is 2.43 bits per heavy atom. The van der Waals surface area contributed by atoms with E-state index in [1.54, 1.807) is 21.9 Å². The summed E-state index contributed by atoms with van der Waals surface area (Å²) in [6, 6.07) is 6.00. The minimum Gasteiger partial charge on any atom is -0.342 e. The summed E-state index contributed by atoms with van der Waals surface area (Å²) in [6.07, 6.45) is 0.895. The summed E-state index contributed by atoms with van der Waals surface area (Å²) in [7, 11) is 0. The first-order valence-corrected chi connectivity index (χ1v) is 7.52. The van der Waals surface area contributed by atoms with Gasteiger partial charge in [0.1, 0.15) is 5.82 Å². The van der Waals surface area contributed by atoms with Crippen molar-refractivity contribution < 1.29 is 18.8 Å². The SMILES string of the molecule is CC(=O)N(CCC(=O)N1CCN(C=O)CC1)c1ccccc1F. The number of amides is 3. The van der Waals surface area contributed by atoms with Crippen LogP contribution >= 0.6 is 0 Å². The van der Waals surface area contributed by atoms with Gasteiger partial charge in [-0.1, -0.05) is 12.1 Å². The molecule has 0 aromatic heterocycles. The zero-order valence-corrected chi connectivity index (χ0v) is 13.1. The van der Waals surface area contributed by atoms with E-state index in [1.165, 1.54) is 24.0 Å². The highest BCUT2D eigenvalue weighted by Gasteiger charge is 2.22. The molecule has 0 atom stereocenters. The second-order valence-corrected chi connectivity index (χ2v) is 5.39. The maximum Gasteiger partial charge on any atom is 0.224 e. The Morgan fingerprint density at radius 2 is 1.87 bits per heavy atom. The van der Waals surface area contributed by atoms with E-state index >= 15 is 0 Å². The number of nitrogens with zero attached hydrogens (tertiary/aromatic N) is 3. The number of hydrogen-bond acceptors (Lipinski definition) is 3. The van der Waals surface area contributed by atoms with Gasteiger partial charge in [0, 0.05) is 46.1 Å². The largest absolute Gasteiger partial charge is 0.342 e. The molecule has 3 amide bonds. The molecule has 0 N–H and O–H groups in total. The summed E-state index contributed by atoms with van der Waals surface area (Å²) in [4.78, 5) is 39.2. The van der Waals surface area contributed by atoms with Gasteiger partial charge in [-0.25, -0.2) is 4.39 Å². The molecule has 1 aromatic rings. The van der Waals surface area contributed by atoms with Crippen molar-refractivity contribution in [3.8, 4) is 0 Å². The van der Waals surface area contributed by atoms with Crippen LogP contribution in [0.3, 0.4) is 0 Å². The molecular weight excluding hydrogens is 301 g/mol. The summed E-state index contributed by atoms with van der Waals surface area (Å²) in [5, 5.41) is 0. The van der Waals surface area contributed by atoms with Gasteiger partial charge in [-0.3, -0.25) is 14.4 Å². The fraction of sp³-hybridized carbons (Fsp3) is 0.438. The fourth-order valence-corrected chi connectivity index (χ4v) is 2.56. The molecule has 23 heavy (non-hydrogen) atoms. The minimum absolute atomic E-state index is 0.0989. The molecule has 7 heteroatoms. The Morgan fingerprint density at radius 1 is 1.22 bits per heavy atom. The van der Waals surface area contributed by atoms with E-state index in [2.05, 4.69) is 0 Å². The molecule has 0 spiro atoms. The number of benzene rings is 1. The van der Waals surface area contributed by atoms with Crippen LogP contribution in [0.15, 0.2) is 24.3 Å². The van der Waals surface area contributed by atoms with E-state index < -0.39 is 5.82 Å². The molecule has 1 saturated heterocycles. The third-order valence-corrected chi connectivity index (χ3v) is 3.89. The van der Waals surface area contributed by atoms with Crippen molar-refractivity contribution in [2.45, 2.75) is 13.3 Å². The molecule has 1 aliphatic heterocycles. The summed E-state index contributed by atoms with van der Waals surface area (Å²) >= 11 is 0. The lowest BCUT2D eigenvalue weighted by atomic mass is 10.2. The molecule has 6 nitrogen and oxygen atoms in total. The average molecular weight is 321 g/mol. The number of halogens is 1. The van der Waals surface area contributed by atoms with Gasteiger partial charge in [0.25, 0.3) is 0 Å².